The number of aryl methyl sites for hydroxylation is 1. The van der Waals surface area contributed by atoms with Crippen molar-refractivity contribution in [1.29, 1.82) is 0 Å². The fraction of sp³-hybridized carbons (Fsp3) is 0.542. The van der Waals surface area contributed by atoms with Gasteiger partial charge >= 0.3 is 0 Å². The third kappa shape index (κ3) is 4.03. The second kappa shape index (κ2) is 8.74. The maximum atomic E-state index is 13.2. The van der Waals surface area contributed by atoms with E-state index in [9.17, 15) is 9.66 Å². The van der Waals surface area contributed by atoms with Gasteiger partial charge in [0.1, 0.15) is 14.9 Å². The summed E-state index contributed by atoms with van der Waals surface area (Å²) in [5, 5.41) is 14.1. The zero-order chi connectivity index (χ0) is 24.3. The van der Waals surface area contributed by atoms with E-state index in [4.69, 9.17) is 4.98 Å². The van der Waals surface area contributed by atoms with Gasteiger partial charge in [0, 0.05) is 36.1 Å². The Morgan fingerprint density at radius 2 is 2.06 bits per heavy atom. The van der Waals surface area contributed by atoms with Crippen molar-refractivity contribution in [3.8, 4) is 0 Å². The quantitative estimate of drug-likeness (QED) is 0.481. The smallest absolute Gasteiger partial charge is 0.155 e. The van der Waals surface area contributed by atoms with E-state index in [1.807, 2.05) is 50.5 Å². The Morgan fingerprint density at radius 1 is 1.32 bits per heavy atom. The van der Waals surface area contributed by atoms with Gasteiger partial charge in [-0.1, -0.05) is 0 Å². The largest absolute Gasteiger partial charge is 0.598 e. The van der Waals surface area contributed by atoms with E-state index < -0.39 is 11.4 Å². The lowest BCUT2D eigenvalue weighted by Crippen LogP contribution is -2.50. The Kier molecular flexibility index (Phi) is 6.17. The van der Waals surface area contributed by atoms with E-state index in [0.717, 1.165) is 59.5 Å². The van der Waals surface area contributed by atoms with Crippen molar-refractivity contribution in [2.24, 2.45) is 5.41 Å². The molecule has 8 nitrogen and oxygen atoms in total. The molecule has 0 aromatic carbocycles. The number of piperidine rings is 1. The average molecular weight is 548 g/mol. The number of hydrogen-bond acceptors (Lipinski definition) is 7. The number of aliphatic hydroxyl groups is 1. The Balaban J connectivity index is 1.45. The SMILES string of the molecule is Cc1nc(N2CCC3(CC2)Cc2cc(CO)ncc2[C@H]3N[S+]([O-])C(C)(C)C)c2ccnn2c1Br. The number of hydrogen-bond donors (Lipinski definition) is 2. The Morgan fingerprint density at radius 3 is 2.74 bits per heavy atom. The van der Waals surface area contributed by atoms with Crippen molar-refractivity contribution in [1.82, 2.24) is 24.3 Å². The molecule has 3 aromatic heterocycles. The Labute approximate surface area is 211 Å². The lowest BCUT2D eigenvalue weighted by Gasteiger charge is -2.44. The molecule has 0 radical (unpaired) electrons. The molecule has 2 atom stereocenters. The molecule has 34 heavy (non-hydrogen) atoms. The van der Waals surface area contributed by atoms with E-state index in [2.05, 4.69) is 35.6 Å². The molecule has 2 N–H and O–H groups in total. The molecule has 1 saturated heterocycles. The fourth-order valence-corrected chi connectivity index (χ4v) is 6.56. The summed E-state index contributed by atoms with van der Waals surface area (Å²) >= 11 is 2.40. The summed E-state index contributed by atoms with van der Waals surface area (Å²) in [5.74, 6) is 0.954. The molecule has 1 aliphatic heterocycles. The molecule has 1 unspecified atom stereocenters. The van der Waals surface area contributed by atoms with Gasteiger partial charge in [0.25, 0.3) is 0 Å². The molecule has 1 fully saturated rings. The van der Waals surface area contributed by atoms with Crippen molar-refractivity contribution < 1.29 is 9.66 Å². The van der Waals surface area contributed by atoms with E-state index in [1.165, 1.54) is 5.56 Å². The van der Waals surface area contributed by atoms with Crippen LogP contribution in [0.2, 0.25) is 0 Å². The summed E-state index contributed by atoms with van der Waals surface area (Å²) in [6, 6.07) is 3.97. The fourth-order valence-electron chi connectivity index (χ4n) is 5.25. The Hall–Kier alpha value is -1.72. The molecule has 1 aliphatic carbocycles. The van der Waals surface area contributed by atoms with Crippen LogP contribution in [0, 0.1) is 12.3 Å². The van der Waals surface area contributed by atoms with Gasteiger partial charge in [-0.3, -0.25) is 4.98 Å². The molecular weight excluding hydrogens is 516 g/mol. The topological polar surface area (TPSA) is 102 Å². The summed E-state index contributed by atoms with van der Waals surface area (Å²) < 4.78 is 19.0. The number of halogens is 1. The zero-order valence-corrected chi connectivity index (χ0v) is 22.4. The van der Waals surface area contributed by atoms with Gasteiger partial charge in [0.2, 0.25) is 0 Å². The summed E-state index contributed by atoms with van der Waals surface area (Å²) in [5.41, 5.74) is 4.83. The average Bonchev–Trinajstić information content (AvgIpc) is 3.40. The summed E-state index contributed by atoms with van der Waals surface area (Å²) in [7, 11) is 0. The highest BCUT2D eigenvalue weighted by atomic mass is 79.9. The summed E-state index contributed by atoms with van der Waals surface area (Å²) in [4.78, 5) is 11.7. The van der Waals surface area contributed by atoms with Crippen molar-refractivity contribution >= 4 is 38.6 Å². The monoisotopic (exact) mass is 546 g/mol. The van der Waals surface area contributed by atoms with Crippen LogP contribution in [0.15, 0.2) is 29.1 Å². The van der Waals surface area contributed by atoms with Crippen LogP contribution >= 0.6 is 15.9 Å². The number of aliphatic hydroxyl groups excluding tert-OH is 1. The van der Waals surface area contributed by atoms with Crippen LogP contribution in [0.1, 0.15) is 62.2 Å². The van der Waals surface area contributed by atoms with Crippen molar-refractivity contribution in [3.05, 3.63) is 51.6 Å². The highest BCUT2D eigenvalue weighted by Gasteiger charge is 2.51. The predicted octanol–water partition coefficient (Wildman–Crippen LogP) is 3.62. The van der Waals surface area contributed by atoms with Crippen molar-refractivity contribution in [3.63, 3.8) is 0 Å². The lowest BCUT2D eigenvalue weighted by atomic mass is 9.73. The minimum atomic E-state index is -1.20. The normalized spacial score (nSPS) is 20.8. The van der Waals surface area contributed by atoms with Gasteiger partial charge in [-0.2, -0.15) is 5.10 Å². The van der Waals surface area contributed by atoms with Gasteiger partial charge in [-0.15, -0.1) is 4.72 Å². The second-order valence-electron chi connectivity index (χ2n) is 10.4. The maximum Gasteiger partial charge on any atom is 0.155 e. The molecule has 182 valence electrons. The number of nitrogens with zero attached hydrogens (tertiary/aromatic N) is 5. The van der Waals surface area contributed by atoms with Crippen LogP contribution in [0.25, 0.3) is 5.52 Å². The first kappa shape index (κ1) is 24.0. The molecule has 10 heteroatoms. The van der Waals surface area contributed by atoms with Crippen molar-refractivity contribution in [2.75, 3.05) is 18.0 Å². The van der Waals surface area contributed by atoms with Gasteiger partial charge in [0.05, 0.1) is 30.2 Å². The Bertz CT molecular complexity index is 1220. The highest BCUT2D eigenvalue weighted by Crippen LogP contribution is 2.53. The first-order valence-electron chi connectivity index (χ1n) is 11.6. The first-order chi connectivity index (χ1) is 16.1. The highest BCUT2D eigenvalue weighted by molar-refractivity contribution is 9.10. The maximum absolute atomic E-state index is 13.2. The van der Waals surface area contributed by atoms with Gasteiger partial charge in [-0.05, 0) is 86.1 Å². The van der Waals surface area contributed by atoms with Gasteiger partial charge < -0.3 is 14.6 Å². The summed E-state index contributed by atoms with van der Waals surface area (Å²) in [6.45, 7) is 9.59. The molecule has 3 aromatic rings. The number of aromatic nitrogens is 4. The van der Waals surface area contributed by atoms with E-state index >= 15 is 0 Å². The molecule has 0 bridgehead atoms. The van der Waals surface area contributed by atoms with E-state index in [0.29, 0.717) is 5.69 Å². The molecule has 5 rings (SSSR count). The molecule has 0 amide bonds. The molecular formula is C24H31BrN6O2S. The molecule has 2 aliphatic rings. The lowest BCUT2D eigenvalue weighted by molar-refractivity contribution is 0.176. The molecule has 0 saturated carbocycles. The number of nitrogens with one attached hydrogen (secondary N) is 1. The third-order valence-electron chi connectivity index (χ3n) is 7.18. The van der Waals surface area contributed by atoms with Crippen LogP contribution in [-0.4, -0.2) is 47.1 Å². The van der Waals surface area contributed by atoms with E-state index in [-0.39, 0.29) is 22.8 Å². The van der Waals surface area contributed by atoms with Crippen LogP contribution in [0.4, 0.5) is 5.82 Å². The summed E-state index contributed by atoms with van der Waals surface area (Å²) in [6.07, 6.45) is 6.43. The standard InChI is InChI=1S/C24H31BrN6O2S/c1-15-21(25)31-19(5-8-27-31)22(28-15)30-9-6-24(7-10-30)12-16-11-17(14-32)26-13-18(16)20(24)29-34(33)23(2,3)4/h5,8,11,13,20,29,32H,6-7,9-10,12,14H2,1-4H3/t20-,34?/m1/s1. The third-order valence-corrected chi connectivity index (χ3v) is 9.65. The van der Waals surface area contributed by atoms with Crippen molar-refractivity contribution in [2.45, 2.75) is 64.4 Å². The predicted molar refractivity (Wildman–Crippen MR) is 137 cm³/mol. The minimum absolute atomic E-state index is 0.0421. The minimum Gasteiger partial charge on any atom is -0.598 e. The second-order valence-corrected chi connectivity index (χ2v) is 13.2. The van der Waals surface area contributed by atoms with Gasteiger partial charge in [-0.25, -0.2) is 9.50 Å². The molecule has 4 heterocycles. The first-order valence-corrected chi connectivity index (χ1v) is 13.6. The number of rotatable bonds is 4. The zero-order valence-electron chi connectivity index (χ0n) is 20.0. The number of fused-ring (bicyclic) bond motifs is 2. The van der Waals surface area contributed by atoms with Crippen LogP contribution in [-0.2, 0) is 24.4 Å². The van der Waals surface area contributed by atoms with E-state index in [1.54, 1.807) is 6.20 Å². The van der Waals surface area contributed by atoms with Gasteiger partial charge in [0.15, 0.2) is 5.82 Å². The van der Waals surface area contributed by atoms with Crippen LogP contribution in [0.3, 0.4) is 0 Å². The number of anilines is 1. The van der Waals surface area contributed by atoms with Crippen LogP contribution < -0.4 is 9.62 Å². The molecule has 1 spiro atoms. The number of pyridine rings is 1. The van der Waals surface area contributed by atoms with Crippen LogP contribution in [0.5, 0.6) is 0 Å².